The molecule has 0 radical (unpaired) electrons. The predicted octanol–water partition coefficient (Wildman–Crippen LogP) is 5.78. The zero-order valence-corrected chi connectivity index (χ0v) is 16.5. The topological polar surface area (TPSA) is 9.23 Å². The highest BCUT2D eigenvalue weighted by Crippen LogP contribution is 2.40. The summed E-state index contributed by atoms with van der Waals surface area (Å²) in [6.45, 7) is 13.5. The Morgan fingerprint density at radius 1 is 1.15 bits per heavy atom. The first kappa shape index (κ1) is 18.1. The van der Waals surface area contributed by atoms with Crippen molar-refractivity contribution in [1.29, 1.82) is 0 Å². The lowest BCUT2D eigenvalue weighted by Crippen LogP contribution is -2.51. The summed E-state index contributed by atoms with van der Waals surface area (Å²) in [6, 6.07) is 5.38. The lowest BCUT2D eigenvalue weighted by Gasteiger charge is -2.41. The summed E-state index contributed by atoms with van der Waals surface area (Å²) >= 11 is 2.49. The molecular weight excluding hydrogens is 382 g/mol. The lowest BCUT2D eigenvalue weighted by molar-refractivity contribution is 0.267. The summed E-state index contributed by atoms with van der Waals surface area (Å²) in [5.41, 5.74) is 2.65. The van der Waals surface area contributed by atoms with Gasteiger partial charge in [0.05, 0.1) is 6.61 Å². The van der Waals surface area contributed by atoms with E-state index in [1.807, 2.05) is 19.1 Å². The molecule has 1 nitrogen and oxygen atoms in total. The highest BCUT2D eigenvalue weighted by Gasteiger charge is 2.46. The Morgan fingerprint density at radius 2 is 1.70 bits per heavy atom. The molecule has 0 aliphatic rings. The van der Waals surface area contributed by atoms with E-state index in [9.17, 15) is 4.39 Å². The van der Waals surface area contributed by atoms with E-state index in [0.717, 1.165) is 5.56 Å². The molecule has 1 rings (SSSR count). The van der Waals surface area contributed by atoms with Crippen LogP contribution in [0.5, 0.6) is 0 Å². The second-order valence-electron chi connectivity index (χ2n) is 6.16. The Balaban J connectivity index is 2.97. The number of rotatable bonds is 6. The van der Waals surface area contributed by atoms with Crippen LogP contribution >= 0.6 is 22.6 Å². The molecule has 0 spiro atoms. The fourth-order valence-electron chi connectivity index (χ4n) is 3.01. The third kappa shape index (κ3) is 3.83. The van der Waals surface area contributed by atoms with Crippen LogP contribution in [0.1, 0.15) is 45.7 Å². The van der Waals surface area contributed by atoms with E-state index in [4.69, 9.17) is 4.43 Å². The molecule has 0 bridgehead atoms. The van der Waals surface area contributed by atoms with Gasteiger partial charge in [-0.15, -0.1) is 0 Å². The van der Waals surface area contributed by atoms with Crippen LogP contribution in [-0.2, 0) is 11.0 Å². The average Bonchev–Trinajstić information content (AvgIpc) is 2.30. The van der Waals surface area contributed by atoms with Gasteiger partial charge in [-0.2, -0.15) is 0 Å². The Kier molecular flexibility index (Phi) is 6.66. The van der Waals surface area contributed by atoms with Crippen molar-refractivity contribution < 1.29 is 8.82 Å². The normalized spacial score (nSPS) is 14.1. The highest BCUT2D eigenvalue weighted by atomic mass is 127. The van der Waals surface area contributed by atoms with Crippen molar-refractivity contribution in [3.63, 3.8) is 0 Å². The number of aryl methyl sites for hydroxylation is 1. The first-order chi connectivity index (χ1) is 9.21. The molecule has 20 heavy (non-hydrogen) atoms. The van der Waals surface area contributed by atoms with Crippen molar-refractivity contribution in [1.82, 2.24) is 0 Å². The largest absolute Gasteiger partial charge is 0.411 e. The number of hydrogen-bond donors (Lipinski definition) is 0. The van der Waals surface area contributed by atoms with Crippen molar-refractivity contribution in [3.05, 3.63) is 35.1 Å². The Hall–Kier alpha value is 0.0569. The van der Waals surface area contributed by atoms with Crippen molar-refractivity contribution in [3.8, 4) is 0 Å². The van der Waals surface area contributed by atoms with Crippen LogP contribution in [0.15, 0.2) is 18.2 Å². The van der Waals surface area contributed by atoms with Gasteiger partial charge >= 0.3 is 0 Å². The van der Waals surface area contributed by atoms with Crippen LogP contribution in [-0.4, -0.2) is 11.9 Å². The summed E-state index contributed by atoms with van der Waals surface area (Å²) in [6.07, 6.45) is 0. The molecular formula is C16H26FIOSi. The quantitative estimate of drug-likeness (QED) is 0.329. The number of hydrogen-bond acceptors (Lipinski definition) is 1. The zero-order valence-electron chi connectivity index (χ0n) is 13.3. The minimum absolute atomic E-state index is 0.151. The van der Waals surface area contributed by atoms with Crippen molar-refractivity contribution in [2.75, 3.05) is 0 Å². The van der Waals surface area contributed by atoms with Crippen LogP contribution < -0.4 is 0 Å². The van der Waals surface area contributed by atoms with Gasteiger partial charge in [-0.1, -0.05) is 69.3 Å². The smallest absolute Gasteiger partial charge is 0.210 e. The number of halogens is 2. The van der Waals surface area contributed by atoms with Gasteiger partial charge in [0, 0.05) is 9.11 Å². The van der Waals surface area contributed by atoms with Gasteiger partial charge in [0.15, 0.2) is 0 Å². The van der Waals surface area contributed by atoms with Gasteiger partial charge in [-0.05, 0) is 29.6 Å². The van der Waals surface area contributed by atoms with Gasteiger partial charge in [0.25, 0.3) is 0 Å². The molecule has 0 saturated heterocycles. The summed E-state index contributed by atoms with van der Waals surface area (Å²) in [5.74, 6) is -0.151. The molecule has 1 aromatic carbocycles. The molecule has 4 heteroatoms. The maximum absolute atomic E-state index is 14.0. The van der Waals surface area contributed by atoms with Crippen LogP contribution in [0.4, 0.5) is 4.39 Å². The highest BCUT2D eigenvalue weighted by molar-refractivity contribution is 14.1. The molecule has 0 aliphatic carbocycles. The van der Waals surface area contributed by atoms with E-state index in [0.29, 0.717) is 26.8 Å². The van der Waals surface area contributed by atoms with Crippen LogP contribution in [0.3, 0.4) is 0 Å². The zero-order chi connectivity index (χ0) is 15.5. The van der Waals surface area contributed by atoms with E-state index in [1.165, 1.54) is 0 Å². The van der Waals surface area contributed by atoms with Gasteiger partial charge < -0.3 is 4.43 Å². The van der Waals surface area contributed by atoms with E-state index in [2.05, 4.69) is 57.2 Å². The van der Waals surface area contributed by atoms with E-state index in [1.54, 1.807) is 6.07 Å². The SMILES string of the molecule is Cc1ccc(CO[Si](C(C)C)(C(C)C)C(C)I)c(F)c1. The second-order valence-corrected chi connectivity index (χ2v) is 14.4. The standard InChI is InChI=1S/C16H26FIOSi/c1-11(2)20(12(3)4,14(6)18)19-10-15-8-7-13(5)9-16(15)17/h7-9,11-12,14H,10H2,1-6H3. The van der Waals surface area contributed by atoms with Crippen molar-refractivity contribution in [2.24, 2.45) is 0 Å². The average molecular weight is 408 g/mol. The molecule has 0 N–H and O–H groups in total. The second kappa shape index (κ2) is 7.36. The molecule has 0 fully saturated rings. The first-order valence-electron chi connectivity index (χ1n) is 7.24. The van der Waals surface area contributed by atoms with E-state index >= 15 is 0 Å². The fraction of sp³-hybridized carbons (Fsp3) is 0.625. The third-order valence-corrected chi connectivity index (χ3v) is 12.5. The van der Waals surface area contributed by atoms with Gasteiger partial charge in [0.1, 0.15) is 5.82 Å². The molecule has 0 aliphatic heterocycles. The van der Waals surface area contributed by atoms with Gasteiger partial charge in [-0.3, -0.25) is 0 Å². The molecule has 0 aromatic heterocycles. The van der Waals surface area contributed by atoms with Gasteiger partial charge in [-0.25, -0.2) is 4.39 Å². The van der Waals surface area contributed by atoms with Crippen molar-refractivity contribution in [2.45, 2.75) is 62.8 Å². The fourth-order valence-corrected chi connectivity index (χ4v) is 12.3. The first-order valence-corrected chi connectivity index (χ1v) is 10.6. The molecule has 0 amide bonds. The summed E-state index contributed by atoms with van der Waals surface area (Å²) in [7, 11) is -1.93. The maximum Gasteiger partial charge on any atom is 0.210 e. The maximum atomic E-state index is 14.0. The van der Waals surface area contributed by atoms with Crippen LogP contribution in [0.2, 0.25) is 11.1 Å². The third-order valence-electron chi connectivity index (χ3n) is 4.11. The van der Waals surface area contributed by atoms with E-state index < -0.39 is 8.32 Å². The Morgan fingerprint density at radius 3 is 2.10 bits per heavy atom. The summed E-state index contributed by atoms with van der Waals surface area (Å²) in [5, 5.41) is 0. The molecule has 0 heterocycles. The number of benzene rings is 1. The predicted molar refractivity (Wildman–Crippen MR) is 95.4 cm³/mol. The summed E-state index contributed by atoms with van der Waals surface area (Å²) < 4.78 is 20.9. The lowest BCUT2D eigenvalue weighted by atomic mass is 10.1. The van der Waals surface area contributed by atoms with Crippen LogP contribution in [0.25, 0.3) is 0 Å². The molecule has 0 saturated carbocycles. The van der Waals surface area contributed by atoms with E-state index in [-0.39, 0.29) is 5.82 Å². The summed E-state index contributed by atoms with van der Waals surface area (Å²) in [4.78, 5) is 0. The molecule has 1 unspecified atom stereocenters. The van der Waals surface area contributed by atoms with Crippen molar-refractivity contribution >= 4 is 30.9 Å². The minimum atomic E-state index is -1.93. The Bertz CT molecular complexity index is 424. The number of alkyl halides is 1. The van der Waals surface area contributed by atoms with Gasteiger partial charge in [0.2, 0.25) is 8.32 Å². The minimum Gasteiger partial charge on any atom is -0.411 e. The monoisotopic (exact) mass is 408 g/mol. The van der Waals surface area contributed by atoms with Crippen LogP contribution in [0, 0.1) is 12.7 Å². The molecule has 114 valence electrons. The molecule has 1 aromatic rings. The molecule has 1 atom stereocenters. The Labute approximate surface area is 137 Å².